The first-order valence-corrected chi connectivity index (χ1v) is 10.8. The quantitative estimate of drug-likeness (QED) is 0.384. The molecule has 0 amide bonds. The van der Waals surface area contributed by atoms with Gasteiger partial charge < -0.3 is 9.47 Å². The van der Waals surface area contributed by atoms with Crippen LogP contribution in [-0.4, -0.2) is 42.5 Å². The molecule has 2 aromatic carbocycles. The average Bonchev–Trinajstić information content (AvgIpc) is 3.10. The lowest BCUT2D eigenvalue weighted by atomic mass is 9.68. The zero-order valence-corrected chi connectivity index (χ0v) is 18.9. The molecule has 0 radical (unpaired) electrons. The van der Waals surface area contributed by atoms with E-state index < -0.39 is 10.9 Å². The van der Waals surface area contributed by atoms with Gasteiger partial charge >= 0.3 is 5.97 Å². The van der Waals surface area contributed by atoms with Crippen LogP contribution in [-0.2, 0) is 10.2 Å². The highest BCUT2D eigenvalue weighted by Crippen LogP contribution is 2.48. The number of esters is 1. The van der Waals surface area contributed by atoms with Crippen molar-refractivity contribution in [2.75, 3.05) is 20.7 Å². The number of likely N-dealkylation sites (N-methyl/N-ethyl adjacent to an activating group) is 1. The normalized spacial score (nSPS) is 22.8. The SMILES string of the molecule is COc1ccc(C23CCC(OC(=O)c4c(C)cccc4[N+](=O)[O-])=CC2N(C)CC3)cc1C. The second-order valence-electron chi connectivity index (χ2n) is 8.76. The van der Waals surface area contributed by atoms with Crippen LogP contribution in [0.15, 0.2) is 48.2 Å². The van der Waals surface area contributed by atoms with Crippen LogP contribution < -0.4 is 4.74 Å². The predicted molar refractivity (Wildman–Crippen MR) is 121 cm³/mol. The number of aryl methyl sites for hydroxylation is 2. The molecule has 2 unspecified atom stereocenters. The van der Waals surface area contributed by atoms with Gasteiger partial charge in [0, 0.05) is 23.9 Å². The number of benzene rings is 2. The van der Waals surface area contributed by atoms with Crippen molar-refractivity contribution >= 4 is 11.7 Å². The van der Waals surface area contributed by atoms with Crippen LogP contribution in [0.4, 0.5) is 5.69 Å². The summed E-state index contributed by atoms with van der Waals surface area (Å²) in [4.78, 5) is 26.0. The molecule has 2 atom stereocenters. The Morgan fingerprint density at radius 3 is 2.66 bits per heavy atom. The van der Waals surface area contributed by atoms with E-state index in [1.807, 2.05) is 19.1 Å². The summed E-state index contributed by atoms with van der Waals surface area (Å²) in [6.07, 6.45) is 4.47. The van der Waals surface area contributed by atoms with E-state index in [1.54, 1.807) is 26.2 Å². The van der Waals surface area contributed by atoms with Gasteiger partial charge in [-0.1, -0.05) is 24.3 Å². The largest absolute Gasteiger partial charge is 0.496 e. The Morgan fingerprint density at radius 2 is 1.97 bits per heavy atom. The van der Waals surface area contributed by atoms with Crippen molar-refractivity contribution in [3.05, 3.63) is 80.6 Å². The van der Waals surface area contributed by atoms with Gasteiger partial charge in [-0.3, -0.25) is 15.0 Å². The number of allylic oxidation sites excluding steroid dienone is 1. The number of hydrogen-bond donors (Lipinski definition) is 0. The molecule has 4 rings (SSSR count). The smallest absolute Gasteiger partial charge is 0.350 e. The van der Waals surface area contributed by atoms with E-state index in [9.17, 15) is 14.9 Å². The number of carbonyl (C=O) groups excluding carboxylic acids is 1. The molecule has 1 saturated heterocycles. The molecule has 0 saturated carbocycles. The van der Waals surface area contributed by atoms with E-state index in [0.717, 1.165) is 30.7 Å². The summed E-state index contributed by atoms with van der Waals surface area (Å²) in [5.41, 5.74) is 2.62. The maximum absolute atomic E-state index is 12.9. The molecule has 7 heteroatoms. The van der Waals surface area contributed by atoms with Gasteiger partial charge in [-0.15, -0.1) is 0 Å². The van der Waals surface area contributed by atoms with Crippen molar-refractivity contribution in [3.8, 4) is 5.75 Å². The summed E-state index contributed by atoms with van der Waals surface area (Å²) >= 11 is 0. The monoisotopic (exact) mass is 436 g/mol. The molecule has 0 spiro atoms. The Morgan fingerprint density at radius 1 is 1.19 bits per heavy atom. The van der Waals surface area contributed by atoms with Crippen molar-refractivity contribution in [1.29, 1.82) is 0 Å². The molecule has 2 aromatic rings. The fraction of sp³-hybridized carbons (Fsp3) is 0.400. The molecule has 0 bridgehead atoms. The highest BCUT2D eigenvalue weighted by Gasteiger charge is 2.48. The predicted octanol–water partition coefficient (Wildman–Crippen LogP) is 4.70. The van der Waals surface area contributed by atoms with E-state index in [-0.39, 0.29) is 22.7 Å². The van der Waals surface area contributed by atoms with Crippen molar-refractivity contribution in [2.24, 2.45) is 0 Å². The Bertz CT molecular complexity index is 1110. The first-order valence-electron chi connectivity index (χ1n) is 10.8. The molecular formula is C25H28N2O5. The number of likely N-dealkylation sites (tertiary alicyclic amines) is 1. The molecule has 1 aliphatic carbocycles. The van der Waals surface area contributed by atoms with Gasteiger partial charge in [-0.2, -0.15) is 0 Å². The standard InChI is InChI=1S/C25H28N2O5/c1-16-6-5-7-20(27(29)30)23(16)24(28)32-19-10-11-25(12-13-26(3)22(25)15-19)18-8-9-21(31-4)17(2)14-18/h5-9,14-15,22H,10-13H2,1-4H3. The number of methoxy groups -OCH3 is 1. The molecule has 1 aliphatic heterocycles. The topological polar surface area (TPSA) is 81.9 Å². The molecule has 1 fully saturated rings. The minimum absolute atomic E-state index is 0.0146. The van der Waals surface area contributed by atoms with Crippen molar-refractivity contribution in [3.63, 3.8) is 0 Å². The van der Waals surface area contributed by atoms with Gasteiger partial charge in [0.05, 0.1) is 12.0 Å². The zero-order valence-electron chi connectivity index (χ0n) is 18.9. The number of hydrogen-bond acceptors (Lipinski definition) is 6. The van der Waals surface area contributed by atoms with E-state index in [4.69, 9.17) is 9.47 Å². The molecule has 32 heavy (non-hydrogen) atoms. The Balaban J connectivity index is 1.64. The third-order valence-electron chi connectivity index (χ3n) is 6.96. The van der Waals surface area contributed by atoms with Gasteiger partial charge in [-0.25, -0.2) is 4.79 Å². The summed E-state index contributed by atoms with van der Waals surface area (Å²) in [5, 5.41) is 11.4. The highest BCUT2D eigenvalue weighted by molar-refractivity contribution is 5.96. The number of nitro benzene ring substituents is 1. The Kier molecular flexibility index (Phi) is 5.77. The third-order valence-corrected chi connectivity index (χ3v) is 6.96. The summed E-state index contributed by atoms with van der Waals surface area (Å²) in [5.74, 6) is 0.774. The number of fused-ring (bicyclic) bond motifs is 1. The number of nitrogens with zero attached hydrogens (tertiary/aromatic N) is 2. The van der Waals surface area contributed by atoms with Crippen LogP contribution in [0.5, 0.6) is 5.75 Å². The lowest BCUT2D eigenvalue weighted by Gasteiger charge is -2.40. The molecule has 7 nitrogen and oxygen atoms in total. The Hall–Kier alpha value is -3.19. The van der Waals surface area contributed by atoms with Gasteiger partial charge in [-0.05, 0) is 69.1 Å². The fourth-order valence-electron chi connectivity index (χ4n) is 5.22. The molecule has 168 valence electrons. The summed E-state index contributed by atoms with van der Waals surface area (Å²) in [7, 11) is 3.76. The van der Waals surface area contributed by atoms with Crippen LogP contribution >= 0.6 is 0 Å². The van der Waals surface area contributed by atoms with Crippen LogP contribution in [0.2, 0.25) is 0 Å². The van der Waals surface area contributed by atoms with Crippen molar-refractivity contribution in [1.82, 2.24) is 4.90 Å². The van der Waals surface area contributed by atoms with Gasteiger partial charge in [0.1, 0.15) is 17.1 Å². The van der Waals surface area contributed by atoms with Crippen LogP contribution in [0.3, 0.4) is 0 Å². The summed E-state index contributed by atoms with van der Waals surface area (Å²) in [6.45, 7) is 4.67. The molecule has 1 heterocycles. The van der Waals surface area contributed by atoms with Crippen LogP contribution in [0.1, 0.15) is 46.3 Å². The maximum Gasteiger partial charge on any atom is 0.350 e. The summed E-state index contributed by atoms with van der Waals surface area (Å²) < 4.78 is 11.1. The molecule has 2 aliphatic rings. The number of ether oxygens (including phenoxy) is 2. The van der Waals surface area contributed by atoms with E-state index in [0.29, 0.717) is 17.7 Å². The lowest BCUT2D eigenvalue weighted by molar-refractivity contribution is -0.385. The van der Waals surface area contributed by atoms with Gasteiger partial charge in [0.2, 0.25) is 0 Å². The average molecular weight is 437 g/mol. The van der Waals surface area contributed by atoms with Crippen LogP contribution in [0.25, 0.3) is 0 Å². The minimum atomic E-state index is -0.672. The van der Waals surface area contributed by atoms with Crippen molar-refractivity contribution in [2.45, 2.75) is 44.6 Å². The number of rotatable bonds is 5. The van der Waals surface area contributed by atoms with E-state index in [1.165, 1.54) is 11.6 Å². The maximum atomic E-state index is 12.9. The molecule has 0 N–H and O–H groups in total. The molecule has 0 aromatic heterocycles. The van der Waals surface area contributed by atoms with Crippen LogP contribution in [0, 0.1) is 24.0 Å². The first-order chi connectivity index (χ1) is 15.3. The molecular weight excluding hydrogens is 408 g/mol. The highest BCUT2D eigenvalue weighted by atomic mass is 16.6. The number of carbonyl (C=O) groups is 1. The Labute approximate surface area is 187 Å². The second kappa shape index (κ2) is 8.39. The van der Waals surface area contributed by atoms with Crippen molar-refractivity contribution < 1.29 is 19.2 Å². The van der Waals surface area contributed by atoms with Gasteiger partial charge in [0.25, 0.3) is 5.69 Å². The fourth-order valence-corrected chi connectivity index (χ4v) is 5.22. The van der Waals surface area contributed by atoms with Gasteiger partial charge in [0.15, 0.2) is 0 Å². The zero-order chi connectivity index (χ0) is 23.0. The third kappa shape index (κ3) is 3.66. The first kappa shape index (κ1) is 22.0. The summed E-state index contributed by atoms with van der Waals surface area (Å²) in [6, 6.07) is 11.0. The van der Waals surface area contributed by atoms with E-state index >= 15 is 0 Å². The second-order valence-corrected chi connectivity index (χ2v) is 8.76. The van der Waals surface area contributed by atoms with E-state index in [2.05, 4.69) is 24.1 Å². The number of nitro groups is 1. The minimum Gasteiger partial charge on any atom is -0.496 e. The lowest BCUT2D eigenvalue weighted by Crippen LogP contribution is -2.42.